The van der Waals surface area contributed by atoms with Gasteiger partial charge in [-0.3, -0.25) is 4.79 Å². The number of benzene rings is 1. The summed E-state index contributed by atoms with van der Waals surface area (Å²) >= 11 is 0. The minimum Gasteiger partial charge on any atom is -0.379 e. The molecule has 1 aliphatic heterocycles. The van der Waals surface area contributed by atoms with E-state index in [0.29, 0.717) is 32.8 Å². The van der Waals surface area contributed by atoms with Gasteiger partial charge in [0.25, 0.3) is 0 Å². The Bertz CT molecular complexity index is 887. The van der Waals surface area contributed by atoms with E-state index in [1.807, 2.05) is 10.8 Å². The first-order valence-electron chi connectivity index (χ1n) is 9.15. The molecule has 0 radical (unpaired) electrons. The SMILES string of the molecule is O=C(/C=C/c1ccc(S(=O)(=O)N2CCOCC2)cc1)NCCCn1ccnc1. The van der Waals surface area contributed by atoms with Crippen molar-refractivity contribution in [2.45, 2.75) is 17.9 Å². The predicted molar refractivity (Wildman–Crippen MR) is 105 cm³/mol. The molecule has 8 nitrogen and oxygen atoms in total. The van der Waals surface area contributed by atoms with Gasteiger partial charge in [0.05, 0.1) is 24.4 Å². The minimum absolute atomic E-state index is 0.185. The van der Waals surface area contributed by atoms with E-state index in [2.05, 4.69) is 10.3 Å². The molecule has 1 amide bonds. The Balaban J connectivity index is 1.48. The van der Waals surface area contributed by atoms with Crippen LogP contribution in [0.2, 0.25) is 0 Å². The maximum atomic E-state index is 12.6. The lowest BCUT2D eigenvalue weighted by Gasteiger charge is -2.26. The van der Waals surface area contributed by atoms with Gasteiger partial charge in [0.15, 0.2) is 0 Å². The first-order chi connectivity index (χ1) is 13.6. The lowest BCUT2D eigenvalue weighted by Crippen LogP contribution is -2.40. The second kappa shape index (κ2) is 9.63. The van der Waals surface area contributed by atoms with Crippen LogP contribution in [0.15, 0.2) is 54.0 Å². The fraction of sp³-hybridized carbons (Fsp3) is 0.368. The van der Waals surface area contributed by atoms with Gasteiger partial charge in [-0.2, -0.15) is 4.31 Å². The molecule has 150 valence electrons. The maximum Gasteiger partial charge on any atom is 0.244 e. The van der Waals surface area contributed by atoms with Crippen molar-refractivity contribution in [1.82, 2.24) is 19.2 Å². The molecule has 9 heteroatoms. The van der Waals surface area contributed by atoms with Gasteiger partial charge in [-0.05, 0) is 30.2 Å². The highest BCUT2D eigenvalue weighted by atomic mass is 32.2. The van der Waals surface area contributed by atoms with E-state index in [-0.39, 0.29) is 10.8 Å². The van der Waals surface area contributed by atoms with Gasteiger partial charge in [-0.25, -0.2) is 13.4 Å². The summed E-state index contributed by atoms with van der Waals surface area (Å²) in [5.41, 5.74) is 0.759. The lowest BCUT2D eigenvalue weighted by atomic mass is 10.2. The molecule has 0 bridgehead atoms. The summed E-state index contributed by atoms with van der Waals surface area (Å²) in [7, 11) is -3.50. The van der Waals surface area contributed by atoms with E-state index < -0.39 is 10.0 Å². The van der Waals surface area contributed by atoms with Crippen molar-refractivity contribution in [3.8, 4) is 0 Å². The van der Waals surface area contributed by atoms with Gasteiger partial charge in [0, 0.05) is 44.6 Å². The van der Waals surface area contributed by atoms with E-state index in [1.54, 1.807) is 42.9 Å². The summed E-state index contributed by atoms with van der Waals surface area (Å²) in [6.45, 7) is 2.92. The van der Waals surface area contributed by atoms with E-state index in [9.17, 15) is 13.2 Å². The molecule has 1 aromatic heterocycles. The first kappa shape index (κ1) is 20.2. The van der Waals surface area contributed by atoms with Crippen LogP contribution in [0.3, 0.4) is 0 Å². The average molecular weight is 404 g/mol. The van der Waals surface area contributed by atoms with Gasteiger partial charge in [-0.1, -0.05) is 12.1 Å². The number of nitrogens with one attached hydrogen (secondary N) is 1. The fourth-order valence-corrected chi connectivity index (χ4v) is 4.22. The third-order valence-electron chi connectivity index (χ3n) is 4.37. The quantitative estimate of drug-likeness (QED) is 0.526. The first-order valence-corrected chi connectivity index (χ1v) is 10.6. The third-order valence-corrected chi connectivity index (χ3v) is 6.28. The molecule has 0 aliphatic carbocycles. The summed E-state index contributed by atoms with van der Waals surface area (Å²) in [4.78, 5) is 16.1. The van der Waals surface area contributed by atoms with Crippen LogP contribution in [0.4, 0.5) is 0 Å². The number of amides is 1. The highest BCUT2D eigenvalue weighted by Gasteiger charge is 2.25. The Hall–Kier alpha value is -2.49. The van der Waals surface area contributed by atoms with Crippen molar-refractivity contribution in [3.05, 3.63) is 54.6 Å². The van der Waals surface area contributed by atoms with Gasteiger partial charge in [-0.15, -0.1) is 0 Å². The third kappa shape index (κ3) is 5.51. The van der Waals surface area contributed by atoms with E-state index >= 15 is 0 Å². The Morgan fingerprint density at radius 3 is 2.64 bits per heavy atom. The number of rotatable bonds is 8. The van der Waals surface area contributed by atoms with Gasteiger partial charge >= 0.3 is 0 Å². The molecule has 0 atom stereocenters. The van der Waals surface area contributed by atoms with Crippen molar-refractivity contribution in [3.63, 3.8) is 0 Å². The number of hydrogen-bond donors (Lipinski definition) is 1. The average Bonchev–Trinajstić information content (AvgIpc) is 3.24. The number of nitrogens with zero attached hydrogens (tertiary/aromatic N) is 3. The van der Waals surface area contributed by atoms with Gasteiger partial charge < -0.3 is 14.6 Å². The highest BCUT2D eigenvalue weighted by molar-refractivity contribution is 7.89. The summed E-state index contributed by atoms with van der Waals surface area (Å²) in [5, 5.41) is 2.82. The topological polar surface area (TPSA) is 93.5 Å². The molecule has 2 aromatic rings. The number of carbonyl (C=O) groups is 1. The number of aromatic nitrogens is 2. The molecular formula is C19H24N4O4S. The summed E-state index contributed by atoms with van der Waals surface area (Å²) < 4.78 is 33.7. The number of carbonyl (C=O) groups excluding carboxylic acids is 1. The summed E-state index contributed by atoms with van der Waals surface area (Å²) in [6, 6.07) is 6.51. The Morgan fingerprint density at radius 2 is 1.96 bits per heavy atom. The van der Waals surface area contributed by atoms with Crippen LogP contribution in [0, 0.1) is 0 Å². The van der Waals surface area contributed by atoms with Crippen LogP contribution in [0.25, 0.3) is 6.08 Å². The molecule has 1 saturated heterocycles. The zero-order valence-electron chi connectivity index (χ0n) is 15.5. The number of aryl methyl sites for hydroxylation is 1. The normalized spacial score (nSPS) is 15.7. The molecule has 1 fully saturated rings. The minimum atomic E-state index is -3.50. The molecule has 1 N–H and O–H groups in total. The van der Waals surface area contributed by atoms with Crippen molar-refractivity contribution in [2.24, 2.45) is 0 Å². The molecule has 3 rings (SSSR count). The highest BCUT2D eigenvalue weighted by Crippen LogP contribution is 2.18. The Labute approximate surface area is 164 Å². The molecular weight excluding hydrogens is 380 g/mol. The lowest BCUT2D eigenvalue weighted by molar-refractivity contribution is -0.116. The summed E-state index contributed by atoms with van der Waals surface area (Å²) in [6.07, 6.45) is 9.26. The summed E-state index contributed by atoms with van der Waals surface area (Å²) in [5.74, 6) is -0.185. The maximum absolute atomic E-state index is 12.6. The molecule has 1 aliphatic rings. The molecule has 0 spiro atoms. The van der Waals surface area contributed by atoms with Gasteiger partial charge in [0.1, 0.15) is 0 Å². The van der Waals surface area contributed by atoms with Crippen molar-refractivity contribution in [2.75, 3.05) is 32.8 Å². The van der Waals surface area contributed by atoms with Crippen LogP contribution in [-0.4, -0.2) is 61.0 Å². The number of hydrogen-bond acceptors (Lipinski definition) is 5. The number of sulfonamides is 1. The zero-order valence-corrected chi connectivity index (χ0v) is 16.3. The molecule has 2 heterocycles. The zero-order chi connectivity index (χ0) is 19.8. The van der Waals surface area contributed by atoms with Crippen LogP contribution in [0.1, 0.15) is 12.0 Å². The molecule has 28 heavy (non-hydrogen) atoms. The fourth-order valence-electron chi connectivity index (χ4n) is 2.81. The second-order valence-electron chi connectivity index (χ2n) is 6.36. The monoisotopic (exact) mass is 404 g/mol. The standard InChI is InChI=1S/C19H24N4O4S/c24-19(21-8-1-10-22-11-9-20-16-22)7-4-17-2-5-18(6-3-17)28(25,26)23-12-14-27-15-13-23/h2-7,9,11,16H,1,8,10,12-15H2,(H,21,24)/b7-4+. The van der Waals surface area contributed by atoms with E-state index in [4.69, 9.17) is 4.74 Å². The van der Waals surface area contributed by atoms with Crippen molar-refractivity contribution in [1.29, 1.82) is 0 Å². The molecule has 0 unspecified atom stereocenters. The van der Waals surface area contributed by atoms with Crippen LogP contribution in [0.5, 0.6) is 0 Å². The van der Waals surface area contributed by atoms with Crippen LogP contribution >= 0.6 is 0 Å². The Kier molecular flexibility index (Phi) is 6.96. The van der Waals surface area contributed by atoms with Crippen LogP contribution in [-0.2, 0) is 26.1 Å². The molecule has 0 saturated carbocycles. The Morgan fingerprint density at radius 1 is 1.21 bits per heavy atom. The number of morpholine rings is 1. The second-order valence-corrected chi connectivity index (χ2v) is 8.30. The van der Waals surface area contributed by atoms with Crippen LogP contribution < -0.4 is 5.32 Å². The largest absolute Gasteiger partial charge is 0.379 e. The van der Waals surface area contributed by atoms with E-state index in [1.165, 1.54) is 10.4 Å². The van der Waals surface area contributed by atoms with E-state index in [0.717, 1.165) is 18.5 Å². The predicted octanol–water partition coefficient (Wildman–Crippen LogP) is 1.12. The smallest absolute Gasteiger partial charge is 0.244 e. The number of imidazole rings is 1. The van der Waals surface area contributed by atoms with Crippen molar-refractivity contribution >= 4 is 22.0 Å². The van der Waals surface area contributed by atoms with Gasteiger partial charge in [0.2, 0.25) is 15.9 Å². The number of ether oxygens (including phenoxy) is 1. The van der Waals surface area contributed by atoms with Crippen molar-refractivity contribution < 1.29 is 17.9 Å². The molecule has 1 aromatic carbocycles.